The van der Waals surface area contributed by atoms with Gasteiger partial charge >= 0.3 is 5.97 Å². The third-order valence-corrected chi connectivity index (χ3v) is 2.93. The highest BCUT2D eigenvalue weighted by Gasteiger charge is 2.16. The molecule has 0 aliphatic heterocycles. The van der Waals surface area contributed by atoms with Crippen LogP contribution >= 0.6 is 0 Å². The molecule has 19 heavy (non-hydrogen) atoms. The average Bonchev–Trinajstić information content (AvgIpc) is 2.39. The standard InChI is InChI=1S/C16H16O3/c1-3-6-11(2)19-15-13-8-5-4-7-12(13)9-10-14(15)16(17)18/h3-5,7-11H,1,6H2,2H3,(H,17,18). The van der Waals surface area contributed by atoms with Crippen LogP contribution in [0, 0.1) is 0 Å². The highest BCUT2D eigenvalue weighted by Crippen LogP contribution is 2.31. The Morgan fingerprint density at radius 3 is 2.79 bits per heavy atom. The molecule has 0 fully saturated rings. The van der Waals surface area contributed by atoms with Crippen LogP contribution in [0.2, 0.25) is 0 Å². The Labute approximate surface area is 112 Å². The second-order valence-electron chi connectivity index (χ2n) is 4.42. The van der Waals surface area contributed by atoms with Crippen molar-refractivity contribution in [3.05, 3.63) is 54.6 Å². The molecule has 0 saturated heterocycles. The average molecular weight is 256 g/mol. The lowest BCUT2D eigenvalue weighted by atomic mass is 10.1. The van der Waals surface area contributed by atoms with Crippen LogP contribution in [0.4, 0.5) is 0 Å². The first-order valence-electron chi connectivity index (χ1n) is 6.16. The highest BCUT2D eigenvalue weighted by molar-refractivity contribution is 6.00. The number of carbonyl (C=O) groups is 1. The zero-order valence-corrected chi connectivity index (χ0v) is 10.8. The van der Waals surface area contributed by atoms with Crippen LogP contribution < -0.4 is 4.74 Å². The molecule has 0 aromatic heterocycles. The van der Waals surface area contributed by atoms with E-state index in [4.69, 9.17) is 4.74 Å². The summed E-state index contributed by atoms with van der Waals surface area (Å²) in [6, 6.07) is 11.0. The summed E-state index contributed by atoms with van der Waals surface area (Å²) in [6.07, 6.45) is 2.32. The van der Waals surface area contributed by atoms with Gasteiger partial charge in [-0.25, -0.2) is 4.79 Å². The molecule has 0 amide bonds. The minimum atomic E-state index is -0.980. The molecule has 98 valence electrons. The van der Waals surface area contributed by atoms with Gasteiger partial charge in [0.05, 0.1) is 6.10 Å². The quantitative estimate of drug-likeness (QED) is 0.826. The van der Waals surface area contributed by atoms with Crippen LogP contribution in [0.3, 0.4) is 0 Å². The minimum absolute atomic E-state index is 0.110. The predicted molar refractivity (Wildman–Crippen MR) is 75.8 cm³/mol. The first-order valence-corrected chi connectivity index (χ1v) is 6.16. The van der Waals surface area contributed by atoms with E-state index >= 15 is 0 Å². The van der Waals surface area contributed by atoms with Gasteiger partial charge in [-0.05, 0) is 18.4 Å². The summed E-state index contributed by atoms with van der Waals surface area (Å²) in [6.45, 7) is 5.56. The van der Waals surface area contributed by atoms with Crippen molar-refractivity contribution < 1.29 is 14.6 Å². The van der Waals surface area contributed by atoms with E-state index in [0.717, 1.165) is 10.8 Å². The second kappa shape index (κ2) is 5.57. The maximum atomic E-state index is 11.3. The van der Waals surface area contributed by atoms with Crippen LogP contribution in [-0.2, 0) is 0 Å². The van der Waals surface area contributed by atoms with Crippen LogP contribution in [-0.4, -0.2) is 17.2 Å². The fourth-order valence-corrected chi connectivity index (χ4v) is 2.02. The molecule has 0 bridgehead atoms. The Kier molecular flexibility index (Phi) is 3.85. The molecule has 2 rings (SSSR count). The number of rotatable bonds is 5. The number of hydrogen-bond acceptors (Lipinski definition) is 2. The van der Waals surface area contributed by atoms with Gasteiger partial charge in [0.1, 0.15) is 11.3 Å². The molecule has 0 saturated carbocycles. The largest absolute Gasteiger partial charge is 0.489 e. The normalized spacial score (nSPS) is 12.1. The fourth-order valence-electron chi connectivity index (χ4n) is 2.02. The second-order valence-corrected chi connectivity index (χ2v) is 4.42. The SMILES string of the molecule is C=CCC(C)Oc1c(C(=O)O)ccc2ccccc12. The summed E-state index contributed by atoms with van der Waals surface area (Å²) in [5.41, 5.74) is 0.189. The summed E-state index contributed by atoms with van der Waals surface area (Å²) in [5, 5.41) is 11.1. The topological polar surface area (TPSA) is 46.5 Å². The molecule has 0 aliphatic carbocycles. The molecule has 0 aliphatic rings. The van der Waals surface area contributed by atoms with Gasteiger partial charge in [0.15, 0.2) is 0 Å². The van der Waals surface area contributed by atoms with E-state index < -0.39 is 5.97 Å². The lowest BCUT2D eigenvalue weighted by molar-refractivity contribution is 0.0690. The molecule has 0 heterocycles. The lowest BCUT2D eigenvalue weighted by Crippen LogP contribution is -2.13. The van der Waals surface area contributed by atoms with Gasteiger partial charge < -0.3 is 9.84 Å². The van der Waals surface area contributed by atoms with Crippen LogP contribution in [0.25, 0.3) is 10.8 Å². The Morgan fingerprint density at radius 1 is 1.37 bits per heavy atom. The smallest absolute Gasteiger partial charge is 0.339 e. The predicted octanol–water partition coefficient (Wildman–Crippen LogP) is 3.88. The summed E-state index contributed by atoms with van der Waals surface area (Å²) < 4.78 is 5.81. The molecule has 0 spiro atoms. The minimum Gasteiger partial charge on any atom is -0.489 e. The molecule has 3 heteroatoms. The molecule has 1 atom stereocenters. The van der Waals surface area contributed by atoms with Crippen molar-refractivity contribution in [2.45, 2.75) is 19.4 Å². The Balaban J connectivity index is 2.55. The zero-order chi connectivity index (χ0) is 13.8. The Bertz CT molecular complexity index is 616. The van der Waals surface area contributed by atoms with E-state index in [1.54, 1.807) is 18.2 Å². The van der Waals surface area contributed by atoms with E-state index in [9.17, 15) is 9.90 Å². The summed E-state index contributed by atoms with van der Waals surface area (Å²) >= 11 is 0. The number of benzene rings is 2. The fraction of sp³-hybridized carbons (Fsp3) is 0.188. The molecule has 0 radical (unpaired) electrons. The first-order chi connectivity index (χ1) is 9.13. The van der Waals surface area contributed by atoms with Gasteiger partial charge in [-0.15, -0.1) is 6.58 Å². The summed E-state index contributed by atoms with van der Waals surface area (Å²) in [7, 11) is 0. The van der Waals surface area contributed by atoms with Crippen LogP contribution in [0.5, 0.6) is 5.75 Å². The van der Waals surface area contributed by atoms with Gasteiger partial charge in [-0.1, -0.05) is 36.4 Å². The van der Waals surface area contributed by atoms with Crippen LogP contribution in [0.15, 0.2) is 49.1 Å². The number of aromatic carboxylic acids is 1. The van der Waals surface area contributed by atoms with Gasteiger partial charge in [-0.2, -0.15) is 0 Å². The summed E-state index contributed by atoms with van der Waals surface area (Å²) in [4.78, 5) is 11.3. The van der Waals surface area contributed by atoms with Crippen molar-refractivity contribution in [2.24, 2.45) is 0 Å². The van der Waals surface area contributed by atoms with E-state index in [2.05, 4.69) is 6.58 Å². The molecule has 1 unspecified atom stereocenters. The van der Waals surface area contributed by atoms with Crippen LogP contribution in [0.1, 0.15) is 23.7 Å². The van der Waals surface area contributed by atoms with Crippen molar-refractivity contribution in [1.82, 2.24) is 0 Å². The van der Waals surface area contributed by atoms with E-state index in [0.29, 0.717) is 12.2 Å². The Morgan fingerprint density at radius 2 is 2.11 bits per heavy atom. The third kappa shape index (κ3) is 2.76. The Hall–Kier alpha value is -2.29. The molecule has 2 aromatic rings. The third-order valence-electron chi connectivity index (χ3n) is 2.93. The van der Waals surface area contributed by atoms with Crippen molar-refractivity contribution in [2.75, 3.05) is 0 Å². The molecule has 1 N–H and O–H groups in total. The van der Waals surface area contributed by atoms with E-state index in [-0.39, 0.29) is 11.7 Å². The molecular weight excluding hydrogens is 240 g/mol. The number of hydrogen-bond donors (Lipinski definition) is 1. The molecule has 2 aromatic carbocycles. The zero-order valence-electron chi connectivity index (χ0n) is 10.8. The molecular formula is C16H16O3. The summed E-state index contributed by atoms with van der Waals surface area (Å²) in [5.74, 6) is -0.550. The van der Waals surface area contributed by atoms with Gasteiger partial charge in [0, 0.05) is 11.8 Å². The van der Waals surface area contributed by atoms with Gasteiger partial charge in [0.2, 0.25) is 0 Å². The lowest BCUT2D eigenvalue weighted by Gasteiger charge is -2.17. The number of carboxylic acid groups (broad SMARTS) is 1. The highest BCUT2D eigenvalue weighted by atomic mass is 16.5. The monoisotopic (exact) mass is 256 g/mol. The molecule has 3 nitrogen and oxygen atoms in total. The maximum Gasteiger partial charge on any atom is 0.339 e. The first kappa shape index (κ1) is 13.1. The van der Waals surface area contributed by atoms with Crippen molar-refractivity contribution in [1.29, 1.82) is 0 Å². The number of carboxylic acids is 1. The van der Waals surface area contributed by atoms with Gasteiger partial charge in [-0.3, -0.25) is 0 Å². The van der Waals surface area contributed by atoms with Crippen molar-refractivity contribution in [3.63, 3.8) is 0 Å². The number of fused-ring (bicyclic) bond motifs is 1. The van der Waals surface area contributed by atoms with E-state index in [1.807, 2.05) is 31.2 Å². The van der Waals surface area contributed by atoms with E-state index in [1.165, 1.54) is 0 Å². The maximum absolute atomic E-state index is 11.3. The van der Waals surface area contributed by atoms with Gasteiger partial charge in [0.25, 0.3) is 0 Å². The number of ether oxygens (including phenoxy) is 1. The van der Waals surface area contributed by atoms with Crippen molar-refractivity contribution in [3.8, 4) is 5.75 Å². The van der Waals surface area contributed by atoms with Crippen molar-refractivity contribution >= 4 is 16.7 Å².